The summed E-state index contributed by atoms with van der Waals surface area (Å²) in [4.78, 5) is 27.7. The first-order valence-electron chi connectivity index (χ1n) is 10.3. The topological polar surface area (TPSA) is 71.8 Å². The van der Waals surface area contributed by atoms with E-state index in [1.807, 2.05) is 62.4 Å². The maximum Gasteiger partial charge on any atom is 0.278 e. The normalized spacial score (nSPS) is 13.8. The molecule has 0 unspecified atom stereocenters. The van der Waals surface area contributed by atoms with E-state index in [0.717, 1.165) is 12.0 Å². The van der Waals surface area contributed by atoms with Crippen LogP contribution in [0.15, 0.2) is 77.0 Å². The van der Waals surface area contributed by atoms with E-state index >= 15 is 0 Å². The average molecular weight is 416 g/mol. The van der Waals surface area contributed by atoms with Gasteiger partial charge in [-0.3, -0.25) is 14.5 Å². The Labute approximate surface area is 181 Å². The van der Waals surface area contributed by atoms with Crippen LogP contribution in [-0.2, 0) is 16.1 Å². The van der Waals surface area contributed by atoms with Crippen LogP contribution in [0.5, 0.6) is 5.75 Å². The fourth-order valence-corrected chi connectivity index (χ4v) is 3.41. The zero-order chi connectivity index (χ0) is 21.8. The molecule has 3 aromatic rings. The molecule has 2 aromatic carbocycles. The molecule has 2 amide bonds. The highest BCUT2D eigenvalue weighted by molar-refractivity contribution is 6.36. The largest absolute Gasteiger partial charge is 0.494 e. The molecule has 1 N–H and O–H groups in total. The van der Waals surface area contributed by atoms with Gasteiger partial charge in [-0.15, -0.1) is 0 Å². The Morgan fingerprint density at radius 1 is 1.00 bits per heavy atom. The van der Waals surface area contributed by atoms with E-state index < -0.39 is 5.91 Å². The maximum atomic E-state index is 13.3. The van der Waals surface area contributed by atoms with E-state index in [1.54, 1.807) is 12.1 Å². The number of furan rings is 1. The summed E-state index contributed by atoms with van der Waals surface area (Å²) in [7, 11) is 0. The van der Waals surface area contributed by atoms with Crippen LogP contribution in [-0.4, -0.2) is 23.3 Å². The van der Waals surface area contributed by atoms with Crippen molar-refractivity contribution in [1.29, 1.82) is 0 Å². The molecular weight excluding hydrogens is 392 g/mol. The maximum absolute atomic E-state index is 13.3. The number of amides is 2. The van der Waals surface area contributed by atoms with Crippen LogP contribution in [0.3, 0.4) is 0 Å². The van der Waals surface area contributed by atoms with Gasteiger partial charge in [0.1, 0.15) is 17.2 Å². The van der Waals surface area contributed by atoms with Crippen molar-refractivity contribution in [3.8, 4) is 5.75 Å². The van der Waals surface area contributed by atoms with Crippen LogP contribution in [0.2, 0.25) is 0 Å². The lowest BCUT2D eigenvalue weighted by atomic mass is 10.0. The molecule has 0 bridgehead atoms. The minimum absolute atomic E-state index is 0.0743. The molecule has 0 fully saturated rings. The van der Waals surface area contributed by atoms with E-state index in [4.69, 9.17) is 9.15 Å². The molecule has 31 heavy (non-hydrogen) atoms. The first-order chi connectivity index (χ1) is 15.1. The van der Waals surface area contributed by atoms with E-state index in [-0.39, 0.29) is 18.1 Å². The summed E-state index contributed by atoms with van der Waals surface area (Å²) < 4.78 is 11.0. The number of nitrogens with one attached hydrogen (secondary N) is 1. The number of aryl methyl sites for hydroxylation is 1. The zero-order valence-corrected chi connectivity index (χ0v) is 17.6. The molecule has 1 aromatic heterocycles. The molecule has 0 aliphatic carbocycles. The first kappa shape index (κ1) is 20.5. The zero-order valence-electron chi connectivity index (χ0n) is 17.6. The Morgan fingerprint density at radius 3 is 2.52 bits per heavy atom. The Kier molecular flexibility index (Phi) is 5.89. The van der Waals surface area contributed by atoms with Gasteiger partial charge < -0.3 is 14.5 Å². The van der Waals surface area contributed by atoms with Gasteiger partial charge >= 0.3 is 0 Å². The summed E-state index contributed by atoms with van der Waals surface area (Å²) in [6.07, 6.45) is 2.42. The number of hydrogen-bond donors (Lipinski definition) is 1. The van der Waals surface area contributed by atoms with Crippen LogP contribution >= 0.6 is 0 Å². The number of carbonyl (C=O) groups excluding carboxylic acids is 2. The van der Waals surface area contributed by atoms with Crippen LogP contribution in [0.4, 0.5) is 5.69 Å². The van der Waals surface area contributed by atoms with E-state index in [2.05, 4.69) is 5.32 Å². The molecule has 4 rings (SSSR count). The van der Waals surface area contributed by atoms with E-state index in [9.17, 15) is 9.59 Å². The minimum atomic E-state index is -0.392. The van der Waals surface area contributed by atoms with Crippen molar-refractivity contribution in [3.63, 3.8) is 0 Å². The molecule has 6 nitrogen and oxygen atoms in total. The monoisotopic (exact) mass is 416 g/mol. The number of anilines is 1. The third-order valence-electron chi connectivity index (χ3n) is 4.98. The molecular formula is C25H24N2O4. The summed E-state index contributed by atoms with van der Waals surface area (Å²) in [6, 6.07) is 18.4. The predicted molar refractivity (Wildman–Crippen MR) is 118 cm³/mol. The quantitative estimate of drug-likeness (QED) is 0.536. The van der Waals surface area contributed by atoms with Gasteiger partial charge in [-0.25, -0.2) is 0 Å². The molecule has 1 aliphatic rings. The van der Waals surface area contributed by atoms with Gasteiger partial charge in [-0.1, -0.05) is 42.8 Å². The molecule has 0 atom stereocenters. The minimum Gasteiger partial charge on any atom is -0.494 e. The van der Waals surface area contributed by atoms with Crippen LogP contribution < -0.4 is 10.1 Å². The van der Waals surface area contributed by atoms with Gasteiger partial charge in [-0.05, 0) is 43.2 Å². The third kappa shape index (κ3) is 4.38. The first-order valence-corrected chi connectivity index (χ1v) is 10.3. The number of carbonyl (C=O) groups is 2. The van der Waals surface area contributed by atoms with Crippen LogP contribution in [0.1, 0.15) is 30.2 Å². The Hall–Kier alpha value is -3.80. The summed E-state index contributed by atoms with van der Waals surface area (Å²) in [5.74, 6) is 0.498. The number of imide groups is 1. The Bertz CT molecular complexity index is 1110. The van der Waals surface area contributed by atoms with Gasteiger partial charge in [0, 0.05) is 11.8 Å². The smallest absolute Gasteiger partial charge is 0.278 e. The SMILES string of the molecule is CCCOc1cccc(NC2=C(c3ccc(C)cc3)C(=O)N(Cc3ccco3)C2=O)c1. The Balaban J connectivity index is 1.70. The van der Waals surface area contributed by atoms with Crippen molar-refractivity contribution in [2.45, 2.75) is 26.8 Å². The lowest BCUT2D eigenvalue weighted by Gasteiger charge is -2.14. The number of ether oxygens (including phenoxy) is 1. The predicted octanol–water partition coefficient (Wildman–Crippen LogP) is 4.77. The van der Waals surface area contributed by atoms with Crippen molar-refractivity contribution in [3.05, 3.63) is 89.5 Å². The van der Waals surface area contributed by atoms with Gasteiger partial charge in [0.2, 0.25) is 0 Å². The van der Waals surface area contributed by atoms with Gasteiger partial charge in [0.25, 0.3) is 11.8 Å². The number of nitrogens with zero attached hydrogens (tertiary/aromatic N) is 1. The second kappa shape index (κ2) is 8.92. The molecule has 1 aliphatic heterocycles. The standard InChI is InChI=1S/C25H24N2O4/c1-3-13-30-20-7-4-6-19(15-20)26-23-22(18-11-9-17(2)10-12-18)24(28)27(25(23)29)16-21-8-5-14-31-21/h4-12,14-15,26H,3,13,16H2,1-2H3. The second-order valence-electron chi connectivity index (χ2n) is 7.39. The lowest BCUT2D eigenvalue weighted by Crippen LogP contribution is -2.31. The van der Waals surface area contributed by atoms with Crippen molar-refractivity contribution in [1.82, 2.24) is 4.90 Å². The highest BCUT2D eigenvalue weighted by Gasteiger charge is 2.39. The van der Waals surface area contributed by atoms with Crippen molar-refractivity contribution in [2.75, 3.05) is 11.9 Å². The van der Waals surface area contributed by atoms with Crippen molar-refractivity contribution in [2.24, 2.45) is 0 Å². The van der Waals surface area contributed by atoms with E-state index in [1.165, 1.54) is 11.2 Å². The van der Waals surface area contributed by atoms with Gasteiger partial charge in [0.15, 0.2) is 0 Å². The van der Waals surface area contributed by atoms with Gasteiger partial charge in [-0.2, -0.15) is 0 Å². The van der Waals surface area contributed by atoms with Gasteiger partial charge in [0.05, 0.1) is 25.0 Å². The molecule has 6 heteroatoms. The van der Waals surface area contributed by atoms with Crippen molar-refractivity contribution >= 4 is 23.1 Å². The fourth-order valence-electron chi connectivity index (χ4n) is 3.41. The fraction of sp³-hybridized carbons (Fsp3) is 0.200. The van der Waals surface area contributed by atoms with E-state index in [0.29, 0.717) is 34.9 Å². The molecule has 0 radical (unpaired) electrons. The summed E-state index contributed by atoms with van der Waals surface area (Å²) >= 11 is 0. The lowest BCUT2D eigenvalue weighted by molar-refractivity contribution is -0.137. The highest BCUT2D eigenvalue weighted by Crippen LogP contribution is 2.32. The molecule has 0 spiro atoms. The van der Waals surface area contributed by atoms with Crippen LogP contribution in [0.25, 0.3) is 5.57 Å². The molecule has 2 heterocycles. The molecule has 0 saturated carbocycles. The second-order valence-corrected chi connectivity index (χ2v) is 7.39. The van der Waals surface area contributed by atoms with Crippen LogP contribution in [0, 0.1) is 6.92 Å². The highest BCUT2D eigenvalue weighted by atomic mass is 16.5. The summed E-state index contributed by atoms with van der Waals surface area (Å²) in [6.45, 7) is 4.70. The Morgan fingerprint density at radius 2 is 1.81 bits per heavy atom. The number of hydrogen-bond acceptors (Lipinski definition) is 5. The number of benzene rings is 2. The molecule has 0 saturated heterocycles. The molecule has 158 valence electrons. The summed E-state index contributed by atoms with van der Waals surface area (Å²) in [5, 5.41) is 3.17. The average Bonchev–Trinajstić information content (AvgIpc) is 3.37. The number of rotatable bonds is 8. The summed E-state index contributed by atoms with van der Waals surface area (Å²) in [5.41, 5.74) is 3.02. The third-order valence-corrected chi connectivity index (χ3v) is 4.98. The van der Waals surface area contributed by atoms with Crippen molar-refractivity contribution < 1.29 is 18.7 Å².